The van der Waals surface area contributed by atoms with Crippen LogP contribution in [0.15, 0.2) is 0 Å². The number of nitrogens with zero attached hydrogens (tertiary/aromatic N) is 1. The minimum Gasteiger partial charge on any atom is -0.455 e. The van der Waals surface area contributed by atoms with Crippen LogP contribution in [0.25, 0.3) is 0 Å². The van der Waals surface area contributed by atoms with E-state index in [0.29, 0.717) is 0 Å². The molecule has 4 nitrogen and oxygen atoms in total. The lowest BCUT2D eigenvalue weighted by Crippen LogP contribution is -2.36. The van der Waals surface area contributed by atoms with E-state index in [9.17, 15) is 9.59 Å². The molecule has 1 aliphatic heterocycles. The largest absolute Gasteiger partial charge is 0.455 e. The first-order valence-electron chi connectivity index (χ1n) is 7.72. The van der Waals surface area contributed by atoms with Crippen LogP contribution in [0.4, 0.5) is 0 Å². The lowest BCUT2D eigenvalue weighted by Gasteiger charge is -2.22. The summed E-state index contributed by atoms with van der Waals surface area (Å²) in [4.78, 5) is 25.7. The Labute approximate surface area is 115 Å². The van der Waals surface area contributed by atoms with Gasteiger partial charge in [0.1, 0.15) is 0 Å². The minimum absolute atomic E-state index is 0.0222. The molecule has 1 aliphatic carbocycles. The molecular weight excluding hydrogens is 242 g/mol. The molecule has 19 heavy (non-hydrogen) atoms. The Balaban J connectivity index is 1.71. The minimum atomic E-state index is -0.164. The third-order valence-electron chi connectivity index (χ3n) is 4.24. The summed E-state index contributed by atoms with van der Waals surface area (Å²) in [5.74, 6) is -0.153. The normalized spacial score (nSPS) is 21.8. The standard InChI is InChI=1S/C15H25NO3/c17-14(16-10-6-1-2-7-11-16)12-19-15(18)13-8-4-3-5-9-13/h13H,1-12H2. The number of hydrogen-bond donors (Lipinski definition) is 0. The zero-order chi connectivity index (χ0) is 13.5. The molecule has 0 N–H and O–H groups in total. The summed E-state index contributed by atoms with van der Waals surface area (Å²) in [6, 6.07) is 0. The van der Waals surface area contributed by atoms with E-state index >= 15 is 0 Å². The second kappa shape index (κ2) is 7.51. The second-order valence-electron chi connectivity index (χ2n) is 5.74. The molecule has 4 heteroatoms. The summed E-state index contributed by atoms with van der Waals surface area (Å²) in [5.41, 5.74) is 0. The molecule has 0 bridgehead atoms. The molecule has 1 saturated carbocycles. The Bertz CT molecular complexity index is 303. The maximum atomic E-state index is 12.0. The third kappa shape index (κ3) is 4.51. The van der Waals surface area contributed by atoms with E-state index in [0.717, 1.165) is 51.6 Å². The predicted molar refractivity (Wildman–Crippen MR) is 72.6 cm³/mol. The van der Waals surface area contributed by atoms with Crippen LogP contribution >= 0.6 is 0 Å². The molecule has 0 aromatic rings. The number of esters is 1. The van der Waals surface area contributed by atoms with Crippen molar-refractivity contribution in [1.29, 1.82) is 0 Å². The Hall–Kier alpha value is -1.06. The number of likely N-dealkylation sites (tertiary alicyclic amines) is 1. The van der Waals surface area contributed by atoms with Crippen LogP contribution < -0.4 is 0 Å². The first-order chi connectivity index (χ1) is 9.27. The van der Waals surface area contributed by atoms with E-state index in [1.807, 2.05) is 4.90 Å². The first-order valence-corrected chi connectivity index (χ1v) is 7.72. The lowest BCUT2D eigenvalue weighted by molar-refractivity contribution is -0.156. The van der Waals surface area contributed by atoms with Crippen LogP contribution in [-0.4, -0.2) is 36.5 Å². The van der Waals surface area contributed by atoms with Gasteiger partial charge in [-0.2, -0.15) is 0 Å². The molecule has 1 saturated heterocycles. The van der Waals surface area contributed by atoms with E-state index in [1.54, 1.807) is 0 Å². The van der Waals surface area contributed by atoms with Gasteiger partial charge in [-0.3, -0.25) is 9.59 Å². The monoisotopic (exact) mass is 267 g/mol. The maximum Gasteiger partial charge on any atom is 0.309 e. The van der Waals surface area contributed by atoms with E-state index < -0.39 is 0 Å². The maximum absolute atomic E-state index is 12.0. The number of hydrogen-bond acceptors (Lipinski definition) is 3. The van der Waals surface area contributed by atoms with Gasteiger partial charge in [0.15, 0.2) is 6.61 Å². The van der Waals surface area contributed by atoms with Gasteiger partial charge in [0, 0.05) is 13.1 Å². The van der Waals surface area contributed by atoms with E-state index in [1.165, 1.54) is 19.3 Å². The molecule has 0 spiro atoms. The highest BCUT2D eigenvalue weighted by Crippen LogP contribution is 2.24. The van der Waals surface area contributed by atoms with Crippen molar-refractivity contribution in [2.75, 3.05) is 19.7 Å². The molecule has 108 valence electrons. The molecular formula is C15H25NO3. The van der Waals surface area contributed by atoms with E-state index in [2.05, 4.69) is 0 Å². The van der Waals surface area contributed by atoms with Gasteiger partial charge in [-0.05, 0) is 25.7 Å². The van der Waals surface area contributed by atoms with Crippen molar-refractivity contribution in [3.05, 3.63) is 0 Å². The van der Waals surface area contributed by atoms with Crippen molar-refractivity contribution in [2.45, 2.75) is 57.8 Å². The zero-order valence-electron chi connectivity index (χ0n) is 11.7. The van der Waals surface area contributed by atoms with Crippen molar-refractivity contribution >= 4 is 11.9 Å². The van der Waals surface area contributed by atoms with Crippen LogP contribution in [0.5, 0.6) is 0 Å². The lowest BCUT2D eigenvalue weighted by atomic mass is 9.89. The highest BCUT2D eigenvalue weighted by Gasteiger charge is 2.24. The third-order valence-corrected chi connectivity index (χ3v) is 4.24. The number of ether oxygens (including phenoxy) is 1. The van der Waals surface area contributed by atoms with Crippen LogP contribution in [-0.2, 0) is 14.3 Å². The van der Waals surface area contributed by atoms with Gasteiger partial charge < -0.3 is 9.64 Å². The van der Waals surface area contributed by atoms with E-state index in [-0.39, 0.29) is 24.4 Å². The molecule has 2 aliphatic rings. The quantitative estimate of drug-likeness (QED) is 0.738. The van der Waals surface area contributed by atoms with Gasteiger partial charge in [-0.15, -0.1) is 0 Å². The summed E-state index contributed by atoms with van der Waals surface area (Å²) >= 11 is 0. The van der Waals surface area contributed by atoms with Crippen molar-refractivity contribution in [1.82, 2.24) is 4.90 Å². The highest BCUT2D eigenvalue weighted by molar-refractivity contribution is 5.81. The molecule has 0 unspecified atom stereocenters. The fourth-order valence-electron chi connectivity index (χ4n) is 3.00. The summed E-state index contributed by atoms with van der Waals surface area (Å²) in [6.07, 6.45) is 9.84. The van der Waals surface area contributed by atoms with Crippen LogP contribution in [0.2, 0.25) is 0 Å². The molecule has 2 rings (SSSR count). The fraction of sp³-hybridized carbons (Fsp3) is 0.867. The van der Waals surface area contributed by atoms with Gasteiger partial charge in [0.05, 0.1) is 5.92 Å². The smallest absolute Gasteiger partial charge is 0.309 e. The van der Waals surface area contributed by atoms with Crippen molar-refractivity contribution in [2.24, 2.45) is 5.92 Å². The Morgan fingerprint density at radius 1 is 0.895 bits per heavy atom. The Morgan fingerprint density at radius 2 is 1.47 bits per heavy atom. The van der Waals surface area contributed by atoms with Gasteiger partial charge in [0.25, 0.3) is 5.91 Å². The SMILES string of the molecule is O=C(OCC(=O)N1CCCCCC1)C1CCCCC1. The number of carbonyl (C=O) groups is 2. The average molecular weight is 267 g/mol. The summed E-state index contributed by atoms with van der Waals surface area (Å²) < 4.78 is 5.21. The zero-order valence-corrected chi connectivity index (χ0v) is 11.7. The number of amides is 1. The van der Waals surface area contributed by atoms with Gasteiger partial charge in [0.2, 0.25) is 0 Å². The number of rotatable bonds is 3. The van der Waals surface area contributed by atoms with Crippen LogP contribution in [0, 0.1) is 5.92 Å². The first kappa shape index (κ1) is 14.4. The number of carbonyl (C=O) groups excluding carboxylic acids is 2. The van der Waals surface area contributed by atoms with Crippen molar-refractivity contribution in [3.8, 4) is 0 Å². The molecule has 0 atom stereocenters. The molecule has 0 radical (unpaired) electrons. The Kier molecular flexibility index (Phi) is 5.67. The predicted octanol–water partition coefficient (Wildman–Crippen LogP) is 2.51. The van der Waals surface area contributed by atoms with Crippen molar-refractivity contribution < 1.29 is 14.3 Å². The highest BCUT2D eigenvalue weighted by atomic mass is 16.5. The second-order valence-corrected chi connectivity index (χ2v) is 5.74. The molecule has 2 fully saturated rings. The average Bonchev–Trinajstić information content (AvgIpc) is 2.74. The van der Waals surface area contributed by atoms with Crippen LogP contribution in [0.3, 0.4) is 0 Å². The summed E-state index contributed by atoms with van der Waals surface area (Å²) in [7, 11) is 0. The molecule has 1 amide bonds. The summed E-state index contributed by atoms with van der Waals surface area (Å²) in [6.45, 7) is 1.58. The molecule has 0 aromatic heterocycles. The van der Waals surface area contributed by atoms with Gasteiger partial charge >= 0.3 is 5.97 Å². The van der Waals surface area contributed by atoms with E-state index in [4.69, 9.17) is 4.74 Å². The van der Waals surface area contributed by atoms with Crippen LogP contribution in [0.1, 0.15) is 57.8 Å². The van der Waals surface area contributed by atoms with Crippen molar-refractivity contribution in [3.63, 3.8) is 0 Å². The molecule has 1 heterocycles. The van der Waals surface area contributed by atoms with Gasteiger partial charge in [-0.1, -0.05) is 32.1 Å². The Morgan fingerprint density at radius 3 is 2.11 bits per heavy atom. The fourth-order valence-corrected chi connectivity index (χ4v) is 3.00. The van der Waals surface area contributed by atoms with Gasteiger partial charge in [-0.25, -0.2) is 0 Å². The summed E-state index contributed by atoms with van der Waals surface area (Å²) in [5, 5.41) is 0. The molecule has 0 aromatic carbocycles. The topological polar surface area (TPSA) is 46.6 Å².